The molecule has 1 amide bonds. The fraction of sp³-hybridized carbons (Fsp3) is 0.350. The Morgan fingerprint density at radius 1 is 1.09 bits per heavy atom. The van der Waals surface area contributed by atoms with E-state index in [1.54, 1.807) is 0 Å². The van der Waals surface area contributed by atoms with E-state index < -0.39 is 0 Å². The van der Waals surface area contributed by atoms with E-state index in [1.807, 2.05) is 38.1 Å². The maximum atomic E-state index is 12.3. The fourth-order valence-corrected chi connectivity index (χ4v) is 2.66. The van der Waals surface area contributed by atoms with Crippen LogP contribution in [0, 0.1) is 13.8 Å². The average molecular weight is 310 g/mol. The highest BCUT2D eigenvalue weighted by Crippen LogP contribution is 2.13. The minimum absolute atomic E-state index is 0.0222. The molecule has 0 aliphatic rings. The van der Waals surface area contributed by atoms with Crippen molar-refractivity contribution in [1.82, 2.24) is 5.32 Å². The van der Waals surface area contributed by atoms with Gasteiger partial charge in [0.2, 0.25) is 0 Å². The first kappa shape index (κ1) is 17.1. The number of hydrogen-bond donors (Lipinski definition) is 1. The number of para-hydroxylation sites is 1. The maximum Gasteiger partial charge on any atom is 0.251 e. The zero-order chi connectivity index (χ0) is 16.7. The van der Waals surface area contributed by atoms with Crippen molar-refractivity contribution in [2.24, 2.45) is 0 Å². The van der Waals surface area contributed by atoms with Crippen LogP contribution < -0.4 is 10.2 Å². The van der Waals surface area contributed by atoms with Crippen molar-refractivity contribution in [1.29, 1.82) is 0 Å². The quantitative estimate of drug-likeness (QED) is 0.785. The second-order valence-corrected chi connectivity index (χ2v) is 5.84. The Bertz CT molecular complexity index is 637. The molecule has 0 atom stereocenters. The van der Waals surface area contributed by atoms with Crippen molar-refractivity contribution in [3.63, 3.8) is 0 Å². The summed E-state index contributed by atoms with van der Waals surface area (Å²) in [5.74, 6) is 0.0222. The van der Waals surface area contributed by atoms with Gasteiger partial charge in [0.25, 0.3) is 5.91 Å². The standard InChI is InChI=1S/C20H26N2O/c1-4-22(18-9-6-5-7-10-18)14-8-13-21-20(23)19-15-16(2)11-12-17(19)3/h5-7,9-12,15H,4,8,13-14H2,1-3H3,(H,21,23). The van der Waals surface area contributed by atoms with Gasteiger partial charge in [0.15, 0.2) is 0 Å². The van der Waals surface area contributed by atoms with Crippen LogP contribution in [0.25, 0.3) is 0 Å². The minimum Gasteiger partial charge on any atom is -0.372 e. The molecule has 0 spiro atoms. The Kier molecular flexibility index (Phi) is 6.21. The fourth-order valence-electron chi connectivity index (χ4n) is 2.66. The molecule has 0 fully saturated rings. The molecule has 2 aromatic carbocycles. The van der Waals surface area contributed by atoms with Crippen LogP contribution in [-0.2, 0) is 0 Å². The summed E-state index contributed by atoms with van der Waals surface area (Å²) >= 11 is 0. The number of amides is 1. The van der Waals surface area contributed by atoms with Crippen molar-refractivity contribution in [3.8, 4) is 0 Å². The number of aryl methyl sites for hydroxylation is 2. The molecule has 0 aliphatic heterocycles. The predicted molar refractivity (Wildman–Crippen MR) is 97.2 cm³/mol. The Balaban J connectivity index is 1.82. The Morgan fingerprint density at radius 3 is 2.52 bits per heavy atom. The van der Waals surface area contributed by atoms with Crippen LogP contribution in [0.4, 0.5) is 5.69 Å². The highest BCUT2D eigenvalue weighted by atomic mass is 16.1. The summed E-state index contributed by atoms with van der Waals surface area (Å²) < 4.78 is 0. The van der Waals surface area contributed by atoms with E-state index in [4.69, 9.17) is 0 Å². The zero-order valence-electron chi connectivity index (χ0n) is 14.3. The van der Waals surface area contributed by atoms with E-state index >= 15 is 0 Å². The number of carbonyl (C=O) groups is 1. The van der Waals surface area contributed by atoms with E-state index in [9.17, 15) is 4.79 Å². The Labute approximate surface area is 139 Å². The first-order valence-electron chi connectivity index (χ1n) is 8.27. The smallest absolute Gasteiger partial charge is 0.251 e. The highest BCUT2D eigenvalue weighted by Gasteiger charge is 2.09. The number of anilines is 1. The average Bonchev–Trinajstić information content (AvgIpc) is 2.57. The molecule has 0 saturated heterocycles. The monoisotopic (exact) mass is 310 g/mol. The van der Waals surface area contributed by atoms with Crippen molar-refractivity contribution in [3.05, 3.63) is 65.2 Å². The van der Waals surface area contributed by atoms with Gasteiger partial charge < -0.3 is 10.2 Å². The SMILES string of the molecule is CCN(CCCNC(=O)c1cc(C)ccc1C)c1ccccc1. The van der Waals surface area contributed by atoms with Gasteiger partial charge in [-0.15, -0.1) is 0 Å². The van der Waals surface area contributed by atoms with Crippen LogP contribution in [0.3, 0.4) is 0 Å². The van der Waals surface area contributed by atoms with Crippen LogP contribution in [0.1, 0.15) is 34.8 Å². The lowest BCUT2D eigenvalue weighted by Gasteiger charge is -2.23. The number of benzene rings is 2. The van der Waals surface area contributed by atoms with Crippen LogP contribution in [0.5, 0.6) is 0 Å². The third-order valence-corrected chi connectivity index (χ3v) is 4.03. The van der Waals surface area contributed by atoms with Crippen molar-refractivity contribution in [2.75, 3.05) is 24.5 Å². The van der Waals surface area contributed by atoms with Crippen LogP contribution in [0.2, 0.25) is 0 Å². The van der Waals surface area contributed by atoms with E-state index in [1.165, 1.54) is 5.69 Å². The van der Waals surface area contributed by atoms with Gasteiger partial charge in [0, 0.05) is 30.9 Å². The van der Waals surface area contributed by atoms with Crippen LogP contribution in [-0.4, -0.2) is 25.5 Å². The molecule has 2 rings (SSSR count). The summed E-state index contributed by atoms with van der Waals surface area (Å²) in [4.78, 5) is 14.6. The van der Waals surface area contributed by atoms with E-state index in [2.05, 4.69) is 41.4 Å². The summed E-state index contributed by atoms with van der Waals surface area (Å²) in [5.41, 5.74) is 4.14. The van der Waals surface area contributed by atoms with Crippen LogP contribution >= 0.6 is 0 Å². The first-order valence-corrected chi connectivity index (χ1v) is 8.27. The third kappa shape index (κ3) is 4.85. The largest absolute Gasteiger partial charge is 0.372 e. The molecule has 0 aliphatic carbocycles. The van der Waals surface area contributed by atoms with Gasteiger partial charge in [0.1, 0.15) is 0 Å². The summed E-state index contributed by atoms with van der Waals surface area (Å²) in [6.07, 6.45) is 0.930. The Morgan fingerprint density at radius 2 is 1.83 bits per heavy atom. The van der Waals surface area contributed by atoms with Crippen molar-refractivity contribution >= 4 is 11.6 Å². The summed E-state index contributed by atoms with van der Waals surface area (Å²) in [6.45, 7) is 8.73. The number of nitrogens with one attached hydrogen (secondary N) is 1. The predicted octanol–water partition coefficient (Wildman–Crippen LogP) is 3.95. The lowest BCUT2D eigenvalue weighted by atomic mass is 10.1. The number of hydrogen-bond acceptors (Lipinski definition) is 2. The molecule has 0 saturated carbocycles. The number of nitrogens with zero attached hydrogens (tertiary/aromatic N) is 1. The molecular weight excluding hydrogens is 284 g/mol. The Hall–Kier alpha value is -2.29. The normalized spacial score (nSPS) is 10.4. The molecule has 0 heterocycles. The van der Waals surface area contributed by atoms with E-state index in [0.29, 0.717) is 6.54 Å². The molecule has 23 heavy (non-hydrogen) atoms. The second-order valence-electron chi connectivity index (χ2n) is 5.84. The molecule has 2 aromatic rings. The molecule has 0 unspecified atom stereocenters. The molecule has 3 nitrogen and oxygen atoms in total. The van der Waals surface area contributed by atoms with Gasteiger partial charge in [-0.05, 0) is 51.0 Å². The number of rotatable bonds is 7. The molecule has 0 radical (unpaired) electrons. The molecule has 122 valence electrons. The van der Waals surface area contributed by atoms with Crippen LogP contribution in [0.15, 0.2) is 48.5 Å². The first-order chi connectivity index (χ1) is 11.1. The van der Waals surface area contributed by atoms with Gasteiger partial charge in [0.05, 0.1) is 0 Å². The molecule has 3 heteroatoms. The molecule has 1 N–H and O–H groups in total. The molecule has 0 bridgehead atoms. The second kappa shape index (κ2) is 8.37. The topological polar surface area (TPSA) is 32.3 Å². The van der Waals surface area contributed by atoms with Gasteiger partial charge in [-0.3, -0.25) is 4.79 Å². The lowest BCUT2D eigenvalue weighted by Crippen LogP contribution is -2.30. The van der Waals surface area contributed by atoms with Gasteiger partial charge in [-0.2, -0.15) is 0 Å². The summed E-state index contributed by atoms with van der Waals surface area (Å²) in [7, 11) is 0. The van der Waals surface area contributed by atoms with Gasteiger partial charge in [-0.25, -0.2) is 0 Å². The third-order valence-electron chi connectivity index (χ3n) is 4.03. The maximum absolute atomic E-state index is 12.3. The molecular formula is C20H26N2O. The van der Waals surface area contributed by atoms with Gasteiger partial charge in [-0.1, -0.05) is 35.9 Å². The van der Waals surface area contributed by atoms with Crippen molar-refractivity contribution in [2.45, 2.75) is 27.2 Å². The number of carbonyl (C=O) groups excluding carboxylic acids is 1. The molecule has 0 aromatic heterocycles. The minimum atomic E-state index is 0.0222. The van der Waals surface area contributed by atoms with E-state index in [-0.39, 0.29) is 5.91 Å². The highest BCUT2D eigenvalue weighted by molar-refractivity contribution is 5.95. The summed E-state index contributed by atoms with van der Waals surface area (Å²) in [6, 6.07) is 16.4. The zero-order valence-corrected chi connectivity index (χ0v) is 14.3. The van der Waals surface area contributed by atoms with Crippen molar-refractivity contribution < 1.29 is 4.79 Å². The van der Waals surface area contributed by atoms with Gasteiger partial charge >= 0.3 is 0 Å². The lowest BCUT2D eigenvalue weighted by molar-refractivity contribution is 0.0952. The van der Waals surface area contributed by atoms with E-state index in [0.717, 1.165) is 36.2 Å². The summed E-state index contributed by atoms with van der Waals surface area (Å²) in [5, 5.41) is 3.03.